The quantitative estimate of drug-likeness (QED) is 0.864. The van der Waals surface area contributed by atoms with Gasteiger partial charge in [0.05, 0.1) is 11.9 Å². The van der Waals surface area contributed by atoms with E-state index in [1.54, 1.807) is 0 Å². The van der Waals surface area contributed by atoms with Gasteiger partial charge in [0.2, 0.25) is 0 Å². The summed E-state index contributed by atoms with van der Waals surface area (Å²) in [5.41, 5.74) is 1.19. The molecule has 1 aromatic heterocycles. The Balaban J connectivity index is 1.68. The van der Waals surface area contributed by atoms with Crippen molar-refractivity contribution in [3.63, 3.8) is 0 Å². The Labute approximate surface area is 117 Å². The highest BCUT2D eigenvalue weighted by Gasteiger charge is 2.18. The Kier molecular flexibility index (Phi) is 3.73. The molecule has 1 saturated heterocycles. The van der Waals surface area contributed by atoms with Crippen molar-refractivity contribution in [1.29, 1.82) is 0 Å². The lowest BCUT2D eigenvalue weighted by atomic mass is 10.1. The van der Waals surface area contributed by atoms with Crippen LogP contribution in [-0.4, -0.2) is 40.0 Å². The molecule has 0 aliphatic carbocycles. The lowest BCUT2D eigenvalue weighted by molar-refractivity contribution is 0.0925. The largest absolute Gasteiger partial charge is 0.347 e. The van der Waals surface area contributed by atoms with Crippen molar-refractivity contribution in [2.24, 2.45) is 0 Å². The van der Waals surface area contributed by atoms with E-state index in [0.717, 1.165) is 31.6 Å². The number of aromatic nitrogens is 3. The lowest BCUT2D eigenvalue weighted by Gasteiger charge is -2.23. The molecule has 1 unspecified atom stereocenters. The predicted molar refractivity (Wildman–Crippen MR) is 74.7 cm³/mol. The Morgan fingerprint density at radius 1 is 1.35 bits per heavy atom. The van der Waals surface area contributed by atoms with Crippen LogP contribution in [0.15, 0.2) is 36.5 Å². The van der Waals surface area contributed by atoms with E-state index in [0.29, 0.717) is 5.69 Å². The molecule has 1 aliphatic heterocycles. The summed E-state index contributed by atoms with van der Waals surface area (Å²) in [6.45, 7) is 1.84. The molecular formula is C14H17N5O. The third-order valence-electron chi connectivity index (χ3n) is 3.34. The maximum atomic E-state index is 12.1. The summed E-state index contributed by atoms with van der Waals surface area (Å²) in [5.74, 6) is -0.166. The number of rotatable bonds is 3. The van der Waals surface area contributed by atoms with Crippen molar-refractivity contribution < 1.29 is 4.79 Å². The molecule has 104 valence electrons. The minimum Gasteiger partial charge on any atom is -0.347 e. The Morgan fingerprint density at radius 2 is 2.20 bits per heavy atom. The smallest absolute Gasteiger partial charge is 0.273 e. The second kappa shape index (κ2) is 5.83. The van der Waals surface area contributed by atoms with Crippen molar-refractivity contribution in [3.8, 4) is 5.69 Å². The van der Waals surface area contributed by atoms with E-state index in [1.165, 1.54) is 11.0 Å². The topological polar surface area (TPSA) is 71.8 Å². The van der Waals surface area contributed by atoms with Crippen molar-refractivity contribution >= 4 is 5.91 Å². The van der Waals surface area contributed by atoms with Crippen LogP contribution < -0.4 is 10.6 Å². The van der Waals surface area contributed by atoms with E-state index in [9.17, 15) is 4.79 Å². The first-order valence-electron chi connectivity index (χ1n) is 6.82. The summed E-state index contributed by atoms with van der Waals surface area (Å²) in [7, 11) is 0. The van der Waals surface area contributed by atoms with Gasteiger partial charge in [-0.05, 0) is 31.5 Å². The standard InChI is InChI=1S/C14H17N5O/c20-14(17-11-5-4-8-15-9-11)13-10-16-19(18-13)12-6-2-1-3-7-12/h1-3,6-7,10-11,15H,4-5,8-9H2,(H,17,20). The molecule has 20 heavy (non-hydrogen) atoms. The molecule has 1 amide bonds. The fourth-order valence-electron chi connectivity index (χ4n) is 2.29. The monoisotopic (exact) mass is 271 g/mol. The number of nitrogens with one attached hydrogen (secondary N) is 2. The van der Waals surface area contributed by atoms with Crippen LogP contribution in [0.2, 0.25) is 0 Å². The van der Waals surface area contributed by atoms with Gasteiger partial charge in [-0.15, -0.1) is 5.10 Å². The van der Waals surface area contributed by atoms with E-state index in [2.05, 4.69) is 20.8 Å². The molecule has 6 nitrogen and oxygen atoms in total. The van der Waals surface area contributed by atoms with Gasteiger partial charge in [-0.2, -0.15) is 9.90 Å². The van der Waals surface area contributed by atoms with Gasteiger partial charge in [0.25, 0.3) is 5.91 Å². The summed E-state index contributed by atoms with van der Waals surface area (Å²) >= 11 is 0. The van der Waals surface area contributed by atoms with E-state index in [-0.39, 0.29) is 11.9 Å². The van der Waals surface area contributed by atoms with Crippen LogP contribution in [0.5, 0.6) is 0 Å². The minimum absolute atomic E-state index is 0.166. The maximum Gasteiger partial charge on any atom is 0.273 e. The molecule has 1 aliphatic rings. The number of benzene rings is 1. The van der Waals surface area contributed by atoms with Crippen LogP contribution in [0, 0.1) is 0 Å². The molecule has 0 radical (unpaired) electrons. The molecule has 3 rings (SSSR count). The van der Waals surface area contributed by atoms with Crippen LogP contribution in [0.1, 0.15) is 23.3 Å². The minimum atomic E-state index is -0.166. The first-order chi connectivity index (χ1) is 9.83. The highest BCUT2D eigenvalue weighted by molar-refractivity contribution is 5.92. The average Bonchev–Trinajstić information content (AvgIpc) is 2.99. The third kappa shape index (κ3) is 2.85. The van der Waals surface area contributed by atoms with Gasteiger partial charge in [0.15, 0.2) is 5.69 Å². The van der Waals surface area contributed by atoms with Gasteiger partial charge in [0, 0.05) is 12.6 Å². The average molecular weight is 271 g/mol. The molecule has 1 atom stereocenters. The molecule has 0 spiro atoms. The summed E-state index contributed by atoms with van der Waals surface area (Å²) in [4.78, 5) is 13.6. The second-order valence-corrected chi connectivity index (χ2v) is 4.87. The van der Waals surface area contributed by atoms with E-state index < -0.39 is 0 Å². The number of hydrogen-bond donors (Lipinski definition) is 2. The number of nitrogens with zero attached hydrogens (tertiary/aromatic N) is 3. The lowest BCUT2D eigenvalue weighted by Crippen LogP contribution is -2.45. The number of amides is 1. The number of piperidine rings is 1. The number of carbonyl (C=O) groups is 1. The second-order valence-electron chi connectivity index (χ2n) is 4.87. The highest BCUT2D eigenvalue weighted by atomic mass is 16.2. The molecular weight excluding hydrogens is 254 g/mol. The van der Waals surface area contributed by atoms with Crippen molar-refractivity contribution in [1.82, 2.24) is 25.6 Å². The van der Waals surface area contributed by atoms with Gasteiger partial charge in [-0.1, -0.05) is 18.2 Å². The fourth-order valence-corrected chi connectivity index (χ4v) is 2.29. The predicted octanol–water partition coefficient (Wildman–Crippen LogP) is 0.749. The third-order valence-corrected chi connectivity index (χ3v) is 3.34. The first kappa shape index (κ1) is 12.8. The number of para-hydroxylation sites is 1. The normalized spacial score (nSPS) is 18.7. The van der Waals surface area contributed by atoms with Crippen LogP contribution in [0.25, 0.3) is 5.69 Å². The Hall–Kier alpha value is -2.21. The van der Waals surface area contributed by atoms with Gasteiger partial charge >= 0.3 is 0 Å². The molecule has 6 heteroatoms. The molecule has 2 heterocycles. The fraction of sp³-hybridized carbons (Fsp3) is 0.357. The molecule has 0 saturated carbocycles. The van der Waals surface area contributed by atoms with Gasteiger partial charge in [-0.25, -0.2) is 0 Å². The van der Waals surface area contributed by atoms with Crippen LogP contribution in [0.4, 0.5) is 0 Å². The highest BCUT2D eigenvalue weighted by Crippen LogP contribution is 2.06. The van der Waals surface area contributed by atoms with Gasteiger partial charge in [-0.3, -0.25) is 4.79 Å². The van der Waals surface area contributed by atoms with E-state index in [1.807, 2.05) is 30.3 Å². The van der Waals surface area contributed by atoms with Crippen molar-refractivity contribution in [2.45, 2.75) is 18.9 Å². The summed E-state index contributed by atoms with van der Waals surface area (Å²) in [6, 6.07) is 9.71. The molecule has 1 aromatic carbocycles. The summed E-state index contributed by atoms with van der Waals surface area (Å²) in [6.07, 6.45) is 3.59. The Bertz CT molecular complexity index is 574. The van der Waals surface area contributed by atoms with Crippen molar-refractivity contribution in [2.75, 3.05) is 13.1 Å². The first-order valence-corrected chi connectivity index (χ1v) is 6.82. The SMILES string of the molecule is O=C(NC1CCCNC1)c1cnn(-c2ccccc2)n1. The van der Waals surface area contributed by atoms with Crippen LogP contribution in [-0.2, 0) is 0 Å². The summed E-state index contributed by atoms with van der Waals surface area (Å²) < 4.78 is 0. The number of hydrogen-bond acceptors (Lipinski definition) is 4. The molecule has 0 bridgehead atoms. The van der Waals surface area contributed by atoms with Crippen LogP contribution >= 0.6 is 0 Å². The zero-order chi connectivity index (χ0) is 13.8. The summed E-state index contributed by atoms with van der Waals surface area (Å²) in [5, 5.41) is 14.6. The number of carbonyl (C=O) groups excluding carboxylic acids is 1. The molecule has 1 fully saturated rings. The Morgan fingerprint density at radius 3 is 2.95 bits per heavy atom. The zero-order valence-corrected chi connectivity index (χ0v) is 11.1. The van der Waals surface area contributed by atoms with Gasteiger partial charge in [0.1, 0.15) is 0 Å². The maximum absolute atomic E-state index is 12.1. The van der Waals surface area contributed by atoms with E-state index >= 15 is 0 Å². The molecule has 2 N–H and O–H groups in total. The zero-order valence-electron chi connectivity index (χ0n) is 11.1. The van der Waals surface area contributed by atoms with Crippen LogP contribution in [0.3, 0.4) is 0 Å². The molecule has 2 aromatic rings. The van der Waals surface area contributed by atoms with Gasteiger partial charge < -0.3 is 10.6 Å². The van der Waals surface area contributed by atoms with Crippen molar-refractivity contribution in [3.05, 3.63) is 42.2 Å². The van der Waals surface area contributed by atoms with E-state index in [4.69, 9.17) is 0 Å².